The molecule has 0 aliphatic carbocycles. The Bertz CT molecular complexity index is 794. The summed E-state index contributed by atoms with van der Waals surface area (Å²) in [4.78, 5) is 22.2. The fraction of sp³-hybridized carbons (Fsp3) is 0.429. The number of nitrogens with zero attached hydrogens (tertiary/aromatic N) is 3. The number of rotatable bonds is 7. The van der Waals surface area contributed by atoms with Gasteiger partial charge in [-0.1, -0.05) is 0 Å². The summed E-state index contributed by atoms with van der Waals surface area (Å²) < 4.78 is 18.2. The number of halogens is 2. The SMILES string of the molecule is CCNC(=NCCCSc1ccc(F)cc1)N1CCN(C(=O)c2ccco2)CC1.I. The van der Waals surface area contributed by atoms with E-state index in [9.17, 15) is 9.18 Å². The molecule has 1 fully saturated rings. The minimum Gasteiger partial charge on any atom is -0.459 e. The molecule has 0 spiro atoms. The summed E-state index contributed by atoms with van der Waals surface area (Å²) in [5.74, 6) is 1.94. The summed E-state index contributed by atoms with van der Waals surface area (Å²) in [5.41, 5.74) is 0. The molecule has 0 saturated carbocycles. The van der Waals surface area contributed by atoms with Crippen LogP contribution in [0.1, 0.15) is 23.9 Å². The second kappa shape index (κ2) is 12.8. The van der Waals surface area contributed by atoms with Crippen LogP contribution in [0.25, 0.3) is 0 Å². The third kappa shape index (κ3) is 7.19. The zero-order valence-corrected chi connectivity index (χ0v) is 20.2. The van der Waals surface area contributed by atoms with E-state index in [1.165, 1.54) is 18.4 Å². The maximum atomic E-state index is 12.9. The molecule has 2 aromatic rings. The zero-order valence-electron chi connectivity index (χ0n) is 17.1. The van der Waals surface area contributed by atoms with Crippen molar-refractivity contribution in [1.29, 1.82) is 0 Å². The number of nitrogens with one attached hydrogen (secondary N) is 1. The average molecular weight is 546 g/mol. The van der Waals surface area contributed by atoms with Gasteiger partial charge in [-0.05, 0) is 55.5 Å². The van der Waals surface area contributed by atoms with Crippen molar-refractivity contribution >= 4 is 47.6 Å². The van der Waals surface area contributed by atoms with Gasteiger partial charge in [-0.25, -0.2) is 4.39 Å². The maximum Gasteiger partial charge on any atom is 0.289 e. The first-order chi connectivity index (χ1) is 14.2. The van der Waals surface area contributed by atoms with Crippen LogP contribution in [0.15, 0.2) is 57.0 Å². The van der Waals surface area contributed by atoms with E-state index < -0.39 is 0 Å². The number of furan rings is 1. The van der Waals surface area contributed by atoms with E-state index in [1.807, 2.05) is 4.90 Å². The van der Waals surface area contributed by atoms with Gasteiger partial charge < -0.3 is 19.5 Å². The molecule has 1 N–H and O–H groups in total. The molecule has 9 heteroatoms. The van der Waals surface area contributed by atoms with Crippen LogP contribution in [0.4, 0.5) is 4.39 Å². The third-order valence-electron chi connectivity index (χ3n) is 4.58. The zero-order chi connectivity index (χ0) is 20.5. The molecule has 30 heavy (non-hydrogen) atoms. The molecule has 1 amide bonds. The molecular weight excluding hydrogens is 518 g/mol. The number of carbonyl (C=O) groups is 1. The molecule has 6 nitrogen and oxygen atoms in total. The highest BCUT2D eigenvalue weighted by Crippen LogP contribution is 2.18. The topological polar surface area (TPSA) is 61.1 Å². The Morgan fingerprint density at radius 3 is 2.50 bits per heavy atom. The molecule has 1 aromatic carbocycles. The summed E-state index contributed by atoms with van der Waals surface area (Å²) >= 11 is 1.71. The van der Waals surface area contributed by atoms with Gasteiger partial charge in [-0.3, -0.25) is 9.79 Å². The van der Waals surface area contributed by atoms with E-state index in [2.05, 4.69) is 17.1 Å². The number of piperazine rings is 1. The Labute approximate surface area is 198 Å². The number of carbonyl (C=O) groups excluding carboxylic acids is 1. The van der Waals surface area contributed by atoms with Crippen LogP contribution in [-0.4, -0.2) is 66.7 Å². The molecular formula is C21H28FIN4O2S. The van der Waals surface area contributed by atoms with Crippen LogP contribution in [0.3, 0.4) is 0 Å². The van der Waals surface area contributed by atoms with Gasteiger partial charge >= 0.3 is 0 Å². The second-order valence-corrected chi connectivity index (χ2v) is 7.82. The lowest BCUT2D eigenvalue weighted by Gasteiger charge is -2.36. The van der Waals surface area contributed by atoms with E-state index in [0.717, 1.165) is 49.2 Å². The lowest BCUT2D eigenvalue weighted by molar-refractivity contribution is 0.0657. The van der Waals surface area contributed by atoms with Gasteiger partial charge in [-0.2, -0.15) is 0 Å². The van der Waals surface area contributed by atoms with Crippen molar-refractivity contribution in [2.75, 3.05) is 45.0 Å². The number of hydrogen-bond donors (Lipinski definition) is 1. The predicted octanol–water partition coefficient (Wildman–Crippen LogP) is 3.94. The lowest BCUT2D eigenvalue weighted by Crippen LogP contribution is -2.53. The quantitative estimate of drug-likeness (QED) is 0.188. The molecule has 1 saturated heterocycles. The monoisotopic (exact) mass is 546 g/mol. The lowest BCUT2D eigenvalue weighted by atomic mass is 10.3. The van der Waals surface area contributed by atoms with E-state index in [-0.39, 0.29) is 35.7 Å². The van der Waals surface area contributed by atoms with E-state index in [0.29, 0.717) is 18.8 Å². The van der Waals surface area contributed by atoms with Gasteiger partial charge in [0.15, 0.2) is 11.7 Å². The summed E-state index contributed by atoms with van der Waals surface area (Å²) in [5, 5.41) is 3.34. The summed E-state index contributed by atoms with van der Waals surface area (Å²) in [6, 6.07) is 10.0. The molecule has 0 unspecified atom stereocenters. The molecule has 3 rings (SSSR count). The van der Waals surface area contributed by atoms with Crippen LogP contribution >= 0.6 is 35.7 Å². The smallest absolute Gasteiger partial charge is 0.289 e. The maximum absolute atomic E-state index is 12.9. The Morgan fingerprint density at radius 2 is 1.87 bits per heavy atom. The highest BCUT2D eigenvalue weighted by Gasteiger charge is 2.25. The Morgan fingerprint density at radius 1 is 1.17 bits per heavy atom. The number of aliphatic imine (C=N–C) groups is 1. The molecule has 0 radical (unpaired) electrons. The van der Waals surface area contributed by atoms with Crippen molar-refractivity contribution in [1.82, 2.24) is 15.1 Å². The highest BCUT2D eigenvalue weighted by molar-refractivity contribution is 14.0. The van der Waals surface area contributed by atoms with Gasteiger partial charge in [0.2, 0.25) is 0 Å². The second-order valence-electron chi connectivity index (χ2n) is 6.65. The van der Waals surface area contributed by atoms with Gasteiger partial charge in [0.25, 0.3) is 5.91 Å². The number of benzene rings is 1. The molecule has 1 aliphatic rings. The first kappa shape index (κ1) is 24.5. The Kier molecular flexibility index (Phi) is 10.5. The van der Waals surface area contributed by atoms with E-state index in [1.54, 1.807) is 36.0 Å². The van der Waals surface area contributed by atoms with Crippen LogP contribution in [0, 0.1) is 5.82 Å². The van der Waals surface area contributed by atoms with Crippen LogP contribution in [0.5, 0.6) is 0 Å². The van der Waals surface area contributed by atoms with Gasteiger partial charge in [-0.15, -0.1) is 35.7 Å². The number of guanidine groups is 1. The molecule has 164 valence electrons. The summed E-state index contributed by atoms with van der Waals surface area (Å²) in [6.45, 7) is 6.34. The minimum absolute atomic E-state index is 0. The fourth-order valence-electron chi connectivity index (χ4n) is 3.07. The third-order valence-corrected chi connectivity index (χ3v) is 5.68. The van der Waals surface area contributed by atoms with Gasteiger partial charge in [0.05, 0.1) is 6.26 Å². The Balaban J connectivity index is 0.00000320. The van der Waals surface area contributed by atoms with Gasteiger partial charge in [0, 0.05) is 44.2 Å². The molecule has 2 heterocycles. The van der Waals surface area contributed by atoms with E-state index in [4.69, 9.17) is 9.41 Å². The number of hydrogen-bond acceptors (Lipinski definition) is 4. The first-order valence-corrected chi connectivity index (χ1v) is 10.9. The van der Waals surface area contributed by atoms with Crippen molar-refractivity contribution in [3.63, 3.8) is 0 Å². The minimum atomic E-state index is -0.208. The molecule has 0 bridgehead atoms. The number of thioether (sulfide) groups is 1. The van der Waals surface area contributed by atoms with Crippen molar-refractivity contribution < 1.29 is 13.6 Å². The standard InChI is InChI=1S/C21H27FN4O2S.HI/c1-2-23-21(24-10-4-16-29-18-8-6-17(22)7-9-18)26-13-11-25(12-14-26)20(27)19-5-3-15-28-19;/h3,5-9,15H,2,4,10-14,16H2,1H3,(H,23,24);1H. The molecule has 1 aliphatic heterocycles. The van der Waals surface area contributed by atoms with Crippen LogP contribution < -0.4 is 5.32 Å². The molecule has 1 aromatic heterocycles. The van der Waals surface area contributed by atoms with Crippen molar-refractivity contribution in [2.45, 2.75) is 18.2 Å². The number of amides is 1. The summed E-state index contributed by atoms with van der Waals surface area (Å²) in [7, 11) is 0. The average Bonchev–Trinajstić information content (AvgIpc) is 3.29. The van der Waals surface area contributed by atoms with Gasteiger partial charge in [0.1, 0.15) is 5.82 Å². The van der Waals surface area contributed by atoms with Crippen LogP contribution in [0.2, 0.25) is 0 Å². The van der Waals surface area contributed by atoms with Crippen LogP contribution in [-0.2, 0) is 0 Å². The largest absolute Gasteiger partial charge is 0.459 e. The van der Waals surface area contributed by atoms with Crippen molar-refractivity contribution in [3.05, 3.63) is 54.2 Å². The van der Waals surface area contributed by atoms with Crippen molar-refractivity contribution in [2.24, 2.45) is 4.99 Å². The molecule has 0 atom stereocenters. The predicted molar refractivity (Wildman–Crippen MR) is 129 cm³/mol. The fourth-order valence-corrected chi connectivity index (χ4v) is 3.91. The Hall–Kier alpha value is -1.75. The first-order valence-electron chi connectivity index (χ1n) is 9.92. The van der Waals surface area contributed by atoms with Crippen molar-refractivity contribution in [3.8, 4) is 0 Å². The highest BCUT2D eigenvalue weighted by atomic mass is 127. The summed E-state index contributed by atoms with van der Waals surface area (Å²) in [6.07, 6.45) is 2.46. The van der Waals surface area contributed by atoms with E-state index >= 15 is 0 Å². The normalized spacial score (nSPS) is 14.4.